The molecule has 0 heterocycles. The summed E-state index contributed by atoms with van der Waals surface area (Å²) in [4.78, 5) is 11.8. The van der Waals surface area contributed by atoms with Crippen molar-refractivity contribution in [1.82, 2.24) is 0 Å². The molecule has 7 heteroatoms. The Morgan fingerprint density at radius 3 is 2.35 bits per heavy atom. The Morgan fingerprint density at radius 1 is 1.13 bits per heavy atom. The van der Waals surface area contributed by atoms with Gasteiger partial charge in [0.05, 0.1) is 0 Å². The van der Waals surface area contributed by atoms with Crippen molar-refractivity contribution in [3.05, 3.63) is 30.3 Å². The molecule has 0 N–H and O–H groups in total. The van der Waals surface area contributed by atoms with E-state index in [9.17, 15) is 4.79 Å². The van der Waals surface area contributed by atoms with E-state index < -0.39 is 8.80 Å². The van der Waals surface area contributed by atoms with Crippen molar-refractivity contribution in [2.45, 2.75) is 26.3 Å². The summed E-state index contributed by atoms with van der Waals surface area (Å²) >= 11 is 1.27. The quantitative estimate of drug-likeness (QED) is 0.422. The molecule has 0 radical (unpaired) electrons. The van der Waals surface area contributed by atoms with Gasteiger partial charge in [-0.1, -0.05) is 30.0 Å². The van der Waals surface area contributed by atoms with E-state index in [0.717, 1.165) is 6.42 Å². The highest BCUT2D eigenvalue weighted by Crippen LogP contribution is 2.19. The van der Waals surface area contributed by atoms with Crippen molar-refractivity contribution < 1.29 is 22.8 Å². The Bertz CT molecular complexity index is 437. The molecule has 0 saturated heterocycles. The summed E-state index contributed by atoms with van der Waals surface area (Å²) in [5.41, 5.74) is 0. The number of ether oxygens (including phenoxy) is 1. The van der Waals surface area contributed by atoms with Gasteiger partial charge in [-0.2, -0.15) is 0 Å². The maximum absolute atomic E-state index is 11.8. The van der Waals surface area contributed by atoms with Crippen LogP contribution in [-0.2, 0) is 18.1 Å². The van der Waals surface area contributed by atoms with Gasteiger partial charge < -0.3 is 18.0 Å². The van der Waals surface area contributed by atoms with Crippen LogP contribution < -0.4 is 4.74 Å². The number of rotatable bonds is 12. The van der Waals surface area contributed by atoms with Crippen molar-refractivity contribution in [1.29, 1.82) is 0 Å². The molecule has 0 aliphatic heterocycles. The van der Waals surface area contributed by atoms with Gasteiger partial charge in [0.25, 0.3) is 0 Å². The first kappa shape index (κ1) is 20.2. The van der Waals surface area contributed by atoms with Gasteiger partial charge in [0.15, 0.2) is 6.61 Å². The monoisotopic (exact) mass is 358 g/mol. The third-order valence-corrected chi connectivity index (χ3v) is 7.01. The molecule has 0 spiro atoms. The van der Waals surface area contributed by atoms with Crippen LogP contribution in [0.15, 0.2) is 30.3 Å². The van der Waals surface area contributed by atoms with Gasteiger partial charge in [-0.15, -0.1) is 0 Å². The second kappa shape index (κ2) is 11.6. The fourth-order valence-electron chi connectivity index (χ4n) is 2.02. The van der Waals surface area contributed by atoms with E-state index in [-0.39, 0.29) is 11.7 Å². The molecule has 0 unspecified atom stereocenters. The van der Waals surface area contributed by atoms with Crippen LogP contribution in [-0.4, -0.2) is 46.6 Å². The number of carbonyl (C=O) groups is 1. The summed E-state index contributed by atoms with van der Waals surface area (Å²) in [6.07, 6.45) is 0.807. The predicted octanol–water partition coefficient (Wildman–Crippen LogP) is 3.37. The van der Waals surface area contributed by atoms with Crippen LogP contribution in [0.25, 0.3) is 0 Å². The van der Waals surface area contributed by atoms with Gasteiger partial charge in [0.2, 0.25) is 5.12 Å². The summed E-state index contributed by atoms with van der Waals surface area (Å²) in [5.74, 6) is 1.41. The molecule has 0 fully saturated rings. The smallest absolute Gasteiger partial charge is 0.485 e. The molecule has 1 aromatic carbocycles. The van der Waals surface area contributed by atoms with Gasteiger partial charge in [0, 0.05) is 32.1 Å². The Kier molecular flexibility index (Phi) is 10.2. The molecule has 0 aromatic heterocycles. The zero-order valence-corrected chi connectivity index (χ0v) is 15.9. The Hall–Kier alpha value is -0.863. The zero-order valence-electron chi connectivity index (χ0n) is 14.1. The molecule has 5 nitrogen and oxygen atoms in total. The highest BCUT2D eigenvalue weighted by atomic mass is 32.2. The SMILES string of the molecule is CCO[Si](CCCSC(=O)COc1ccccc1)(OC)OCC. The summed E-state index contributed by atoms with van der Waals surface area (Å²) in [7, 11) is -0.940. The highest BCUT2D eigenvalue weighted by Gasteiger charge is 2.38. The number of carbonyl (C=O) groups excluding carboxylic acids is 1. The third kappa shape index (κ3) is 7.98. The third-order valence-electron chi connectivity index (χ3n) is 3.03. The molecule has 1 rings (SSSR count). The van der Waals surface area contributed by atoms with Crippen molar-refractivity contribution in [3.63, 3.8) is 0 Å². The van der Waals surface area contributed by atoms with E-state index in [4.69, 9.17) is 18.0 Å². The molecule has 1 aromatic rings. The lowest BCUT2D eigenvalue weighted by Crippen LogP contribution is -2.45. The fraction of sp³-hybridized carbons (Fsp3) is 0.562. The minimum Gasteiger partial charge on any atom is -0.485 e. The first-order chi connectivity index (χ1) is 11.2. The number of hydrogen-bond acceptors (Lipinski definition) is 6. The van der Waals surface area contributed by atoms with Crippen LogP contribution in [0.1, 0.15) is 20.3 Å². The number of benzene rings is 1. The van der Waals surface area contributed by atoms with Crippen molar-refractivity contribution >= 4 is 25.7 Å². The standard InChI is InChI=1S/C16H26O5SSi/c1-4-20-23(18-3,21-5-2)13-9-12-22-16(17)14-19-15-10-7-6-8-11-15/h6-8,10-11H,4-5,9,12-14H2,1-3H3. The molecule has 23 heavy (non-hydrogen) atoms. The lowest BCUT2D eigenvalue weighted by molar-refractivity contribution is -0.112. The van der Waals surface area contributed by atoms with Crippen LogP contribution >= 0.6 is 11.8 Å². The van der Waals surface area contributed by atoms with E-state index in [1.165, 1.54) is 11.8 Å². The number of thioether (sulfide) groups is 1. The van der Waals surface area contributed by atoms with E-state index >= 15 is 0 Å². The predicted molar refractivity (Wildman–Crippen MR) is 94.8 cm³/mol. The lowest BCUT2D eigenvalue weighted by Gasteiger charge is -2.27. The van der Waals surface area contributed by atoms with Crippen LogP contribution in [0, 0.1) is 0 Å². The van der Waals surface area contributed by atoms with Gasteiger partial charge in [0.1, 0.15) is 5.75 Å². The maximum atomic E-state index is 11.8. The molecule has 0 saturated carbocycles. The molecule has 0 aliphatic rings. The Labute approximate surface area is 144 Å². The van der Waals surface area contributed by atoms with Crippen LogP contribution in [0.4, 0.5) is 0 Å². The molecule has 0 amide bonds. The lowest BCUT2D eigenvalue weighted by atomic mass is 10.3. The Morgan fingerprint density at radius 2 is 1.78 bits per heavy atom. The summed E-state index contributed by atoms with van der Waals surface area (Å²) in [6, 6.07) is 10.0. The molecule has 0 bridgehead atoms. The molecular weight excluding hydrogens is 332 g/mol. The molecule has 130 valence electrons. The maximum Gasteiger partial charge on any atom is 0.500 e. The molecule has 0 aliphatic carbocycles. The van der Waals surface area contributed by atoms with Crippen molar-refractivity contribution in [3.8, 4) is 5.75 Å². The summed E-state index contributed by atoms with van der Waals surface area (Å²) in [5, 5.41) is 0.0198. The van der Waals surface area contributed by atoms with Gasteiger partial charge >= 0.3 is 8.80 Å². The normalized spacial score (nSPS) is 11.4. The first-order valence-electron chi connectivity index (χ1n) is 7.82. The van der Waals surface area contributed by atoms with Gasteiger partial charge in [-0.25, -0.2) is 0 Å². The molecular formula is C16H26O5SSi. The second-order valence-corrected chi connectivity index (χ2v) is 8.68. The van der Waals surface area contributed by atoms with Crippen molar-refractivity contribution in [2.75, 3.05) is 32.7 Å². The minimum atomic E-state index is -2.57. The van der Waals surface area contributed by atoms with Gasteiger partial charge in [-0.05, 0) is 32.4 Å². The highest BCUT2D eigenvalue weighted by molar-refractivity contribution is 8.13. The minimum absolute atomic E-state index is 0.0198. The fourth-order valence-corrected chi connectivity index (χ4v) is 5.24. The first-order valence-corrected chi connectivity index (χ1v) is 10.7. The average molecular weight is 359 g/mol. The zero-order chi connectivity index (χ0) is 17.0. The van der Waals surface area contributed by atoms with E-state index in [1.54, 1.807) is 7.11 Å². The average Bonchev–Trinajstić information content (AvgIpc) is 2.58. The van der Waals surface area contributed by atoms with E-state index in [0.29, 0.717) is 30.8 Å². The number of hydrogen-bond donors (Lipinski definition) is 0. The van der Waals surface area contributed by atoms with Crippen LogP contribution in [0.2, 0.25) is 6.04 Å². The topological polar surface area (TPSA) is 54.0 Å². The largest absolute Gasteiger partial charge is 0.500 e. The van der Waals surface area contributed by atoms with E-state index in [1.807, 2.05) is 44.2 Å². The Balaban J connectivity index is 2.25. The number of para-hydroxylation sites is 1. The molecule has 0 atom stereocenters. The summed E-state index contributed by atoms with van der Waals surface area (Å²) < 4.78 is 22.3. The van der Waals surface area contributed by atoms with Gasteiger partial charge in [-0.3, -0.25) is 4.79 Å². The van der Waals surface area contributed by atoms with E-state index in [2.05, 4.69) is 0 Å². The van der Waals surface area contributed by atoms with Crippen LogP contribution in [0.3, 0.4) is 0 Å². The van der Waals surface area contributed by atoms with Crippen molar-refractivity contribution in [2.24, 2.45) is 0 Å². The van der Waals surface area contributed by atoms with Crippen LogP contribution in [0.5, 0.6) is 5.75 Å². The second-order valence-electron chi connectivity index (χ2n) is 4.68. The summed E-state index contributed by atoms with van der Waals surface area (Å²) in [6.45, 7) is 5.07.